The SMILES string of the molecule is C[C@H](NC(=O)c1cc(Br)c2c(c1)OCCO2)C(=O)O. The number of carbonyl (C=O) groups is 2. The first-order valence-corrected chi connectivity index (χ1v) is 6.41. The monoisotopic (exact) mass is 329 g/mol. The number of hydrogen-bond donors (Lipinski definition) is 2. The number of fused-ring (bicyclic) bond motifs is 1. The number of carboxylic acid groups (broad SMARTS) is 1. The molecule has 0 aliphatic carbocycles. The molecule has 6 nitrogen and oxygen atoms in total. The Kier molecular flexibility index (Phi) is 3.94. The Morgan fingerprint density at radius 1 is 1.37 bits per heavy atom. The maximum Gasteiger partial charge on any atom is 0.325 e. The Hall–Kier alpha value is -1.76. The summed E-state index contributed by atoms with van der Waals surface area (Å²) in [6.07, 6.45) is 0. The molecule has 1 aromatic carbocycles. The molecule has 102 valence electrons. The van der Waals surface area contributed by atoms with Crippen LogP contribution in [0.25, 0.3) is 0 Å². The van der Waals surface area contributed by atoms with Crippen molar-refractivity contribution >= 4 is 27.8 Å². The number of ether oxygens (including phenoxy) is 2. The second kappa shape index (κ2) is 5.48. The summed E-state index contributed by atoms with van der Waals surface area (Å²) < 4.78 is 11.4. The van der Waals surface area contributed by atoms with Gasteiger partial charge in [-0.25, -0.2) is 0 Å². The highest BCUT2D eigenvalue weighted by Gasteiger charge is 2.21. The third kappa shape index (κ3) is 2.98. The minimum Gasteiger partial charge on any atom is -0.486 e. The number of nitrogens with one attached hydrogen (secondary N) is 1. The molecule has 0 bridgehead atoms. The highest BCUT2D eigenvalue weighted by Crippen LogP contribution is 2.38. The molecule has 0 saturated carbocycles. The van der Waals surface area contributed by atoms with Crippen LogP contribution < -0.4 is 14.8 Å². The summed E-state index contributed by atoms with van der Waals surface area (Å²) in [6.45, 7) is 2.26. The van der Waals surface area contributed by atoms with Crippen LogP contribution in [0.4, 0.5) is 0 Å². The van der Waals surface area contributed by atoms with Crippen molar-refractivity contribution in [1.29, 1.82) is 0 Å². The zero-order valence-electron chi connectivity index (χ0n) is 10.1. The minimum atomic E-state index is -1.09. The highest BCUT2D eigenvalue weighted by molar-refractivity contribution is 9.10. The minimum absolute atomic E-state index is 0.309. The maximum atomic E-state index is 11.9. The number of carbonyl (C=O) groups excluding carboxylic acids is 1. The van der Waals surface area contributed by atoms with Gasteiger partial charge in [0.1, 0.15) is 19.3 Å². The fourth-order valence-corrected chi connectivity index (χ4v) is 2.14. The third-order valence-electron chi connectivity index (χ3n) is 2.58. The molecule has 1 atom stereocenters. The van der Waals surface area contributed by atoms with Crippen molar-refractivity contribution in [3.63, 3.8) is 0 Å². The predicted octanol–water partition coefficient (Wildman–Crippen LogP) is 1.42. The predicted molar refractivity (Wildman–Crippen MR) is 69.7 cm³/mol. The summed E-state index contributed by atoms with van der Waals surface area (Å²) >= 11 is 3.29. The Balaban J connectivity index is 2.23. The molecule has 0 aromatic heterocycles. The molecular formula is C12H12BrNO5. The molecule has 7 heteroatoms. The van der Waals surface area contributed by atoms with E-state index in [2.05, 4.69) is 21.2 Å². The van der Waals surface area contributed by atoms with Gasteiger partial charge in [0.25, 0.3) is 5.91 Å². The molecule has 0 radical (unpaired) electrons. The van der Waals surface area contributed by atoms with E-state index in [1.807, 2.05) is 0 Å². The van der Waals surface area contributed by atoms with Crippen LogP contribution in [0.5, 0.6) is 11.5 Å². The van der Waals surface area contributed by atoms with Gasteiger partial charge in [-0.1, -0.05) is 0 Å². The van der Waals surface area contributed by atoms with Gasteiger partial charge in [0.05, 0.1) is 4.47 Å². The number of hydrogen-bond acceptors (Lipinski definition) is 4. The van der Waals surface area contributed by atoms with E-state index in [4.69, 9.17) is 14.6 Å². The Labute approximate surface area is 117 Å². The zero-order valence-corrected chi connectivity index (χ0v) is 11.7. The Morgan fingerprint density at radius 3 is 2.74 bits per heavy atom. The summed E-state index contributed by atoms with van der Waals surface area (Å²) in [5.74, 6) is -0.555. The van der Waals surface area contributed by atoms with E-state index in [-0.39, 0.29) is 0 Å². The van der Waals surface area contributed by atoms with Gasteiger partial charge >= 0.3 is 5.97 Å². The fraction of sp³-hybridized carbons (Fsp3) is 0.333. The van der Waals surface area contributed by atoms with Crippen LogP contribution >= 0.6 is 15.9 Å². The van der Waals surface area contributed by atoms with Crippen LogP contribution in [0.3, 0.4) is 0 Å². The van der Waals surface area contributed by atoms with Crippen LogP contribution in [0, 0.1) is 0 Å². The molecule has 0 unspecified atom stereocenters. The van der Waals surface area contributed by atoms with Crippen LogP contribution in [-0.4, -0.2) is 36.2 Å². The molecular weight excluding hydrogens is 318 g/mol. The topological polar surface area (TPSA) is 84.9 Å². The molecule has 2 rings (SSSR count). The third-order valence-corrected chi connectivity index (χ3v) is 3.17. The van der Waals surface area contributed by atoms with Crippen molar-refractivity contribution in [2.75, 3.05) is 13.2 Å². The lowest BCUT2D eigenvalue weighted by Gasteiger charge is -2.20. The lowest BCUT2D eigenvalue weighted by atomic mass is 10.1. The van der Waals surface area contributed by atoms with E-state index >= 15 is 0 Å². The van der Waals surface area contributed by atoms with E-state index in [9.17, 15) is 9.59 Å². The van der Waals surface area contributed by atoms with Crippen molar-refractivity contribution in [2.45, 2.75) is 13.0 Å². The van der Waals surface area contributed by atoms with Gasteiger partial charge in [0, 0.05) is 5.56 Å². The lowest BCUT2D eigenvalue weighted by Crippen LogP contribution is -2.38. The van der Waals surface area contributed by atoms with E-state index in [1.165, 1.54) is 13.0 Å². The van der Waals surface area contributed by atoms with Crippen molar-refractivity contribution in [3.05, 3.63) is 22.2 Å². The summed E-state index contributed by atoms with van der Waals surface area (Å²) in [5.41, 5.74) is 0.309. The second-order valence-corrected chi connectivity index (χ2v) is 4.87. The first-order valence-electron chi connectivity index (χ1n) is 5.62. The quantitative estimate of drug-likeness (QED) is 0.876. The van der Waals surface area contributed by atoms with Crippen molar-refractivity contribution in [3.8, 4) is 11.5 Å². The van der Waals surface area contributed by atoms with Crippen LogP contribution in [0.2, 0.25) is 0 Å². The molecule has 1 heterocycles. The summed E-state index contributed by atoms with van der Waals surface area (Å²) in [6, 6.07) is 2.14. The number of carboxylic acids is 1. The number of benzene rings is 1. The highest BCUT2D eigenvalue weighted by atomic mass is 79.9. The largest absolute Gasteiger partial charge is 0.486 e. The van der Waals surface area contributed by atoms with Gasteiger partial charge in [0.15, 0.2) is 11.5 Å². The molecule has 0 spiro atoms. The molecule has 0 saturated heterocycles. The van der Waals surface area contributed by atoms with Crippen LogP contribution in [0.1, 0.15) is 17.3 Å². The summed E-state index contributed by atoms with van der Waals surface area (Å²) in [5, 5.41) is 11.1. The standard InChI is InChI=1S/C12H12BrNO5/c1-6(12(16)17)14-11(15)7-4-8(13)10-9(5-7)18-2-3-19-10/h4-6H,2-3H2,1H3,(H,14,15)(H,16,17)/t6-/m0/s1. The molecule has 1 amide bonds. The van der Waals surface area contributed by atoms with Crippen molar-refractivity contribution < 1.29 is 24.2 Å². The number of halogens is 1. The molecule has 1 aliphatic heterocycles. The molecule has 0 fully saturated rings. The summed E-state index contributed by atoms with van der Waals surface area (Å²) in [7, 11) is 0. The van der Waals surface area contributed by atoms with Crippen molar-refractivity contribution in [2.24, 2.45) is 0 Å². The Bertz CT molecular complexity index is 531. The van der Waals surface area contributed by atoms with E-state index in [0.717, 1.165) is 0 Å². The molecule has 19 heavy (non-hydrogen) atoms. The van der Waals surface area contributed by atoms with Gasteiger partial charge < -0.3 is 19.9 Å². The first kappa shape index (κ1) is 13.7. The normalized spacial score (nSPS) is 14.6. The number of rotatable bonds is 3. The van der Waals surface area contributed by atoms with Gasteiger partial charge in [-0.15, -0.1) is 0 Å². The Morgan fingerprint density at radius 2 is 2.05 bits per heavy atom. The molecule has 1 aliphatic rings. The van der Waals surface area contributed by atoms with Crippen LogP contribution in [0.15, 0.2) is 16.6 Å². The van der Waals surface area contributed by atoms with E-state index < -0.39 is 17.9 Å². The van der Waals surface area contributed by atoms with Crippen molar-refractivity contribution in [1.82, 2.24) is 5.32 Å². The average molecular weight is 330 g/mol. The smallest absolute Gasteiger partial charge is 0.325 e. The number of amides is 1. The van der Waals surface area contributed by atoms with Gasteiger partial charge in [-0.05, 0) is 35.0 Å². The van der Waals surface area contributed by atoms with Gasteiger partial charge in [-0.3, -0.25) is 9.59 Å². The van der Waals surface area contributed by atoms with Gasteiger partial charge in [0.2, 0.25) is 0 Å². The average Bonchev–Trinajstić information content (AvgIpc) is 2.38. The van der Waals surface area contributed by atoms with E-state index in [0.29, 0.717) is 34.7 Å². The summed E-state index contributed by atoms with van der Waals surface area (Å²) in [4.78, 5) is 22.6. The molecule has 1 aromatic rings. The van der Waals surface area contributed by atoms with E-state index in [1.54, 1.807) is 6.07 Å². The maximum absolute atomic E-state index is 11.9. The lowest BCUT2D eigenvalue weighted by molar-refractivity contribution is -0.138. The zero-order chi connectivity index (χ0) is 14.0. The first-order chi connectivity index (χ1) is 8.99. The van der Waals surface area contributed by atoms with Gasteiger partial charge in [-0.2, -0.15) is 0 Å². The van der Waals surface area contributed by atoms with Crippen LogP contribution in [-0.2, 0) is 4.79 Å². The fourth-order valence-electron chi connectivity index (χ4n) is 1.58. The number of aliphatic carboxylic acids is 1. The molecule has 2 N–H and O–H groups in total. The second-order valence-electron chi connectivity index (χ2n) is 4.02.